The summed E-state index contributed by atoms with van der Waals surface area (Å²) in [5, 5.41) is 29.1. The normalized spacial score (nSPS) is 11.1. The van der Waals surface area contributed by atoms with Gasteiger partial charge in [0.1, 0.15) is 5.69 Å². The number of amides is 1. The minimum atomic E-state index is -0.605. The highest BCUT2D eigenvalue weighted by atomic mass is 16.6. The lowest BCUT2D eigenvalue weighted by atomic mass is 10.1. The van der Waals surface area contributed by atoms with E-state index in [1.54, 1.807) is 12.1 Å². The number of nitrogens with one attached hydrogen (secondary N) is 1. The van der Waals surface area contributed by atoms with E-state index in [9.17, 15) is 9.90 Å². The van der Waals surface area contributed by atoms with Crippen molar-refractivity contribution in [3.05, 3.63) is 59.3 Å². The van der Waals surface area contributed by atoms with Gasteiger partial charge in [0.15, 0.2) is 17.2 Å². The van der Waals surface area contributed by atoms with Crippen molar-refractivity contribution in [2.75, 3.05) is 12.3 Å². The molecule has 12 heteroatoms. The predicted molar refractivity (Wildman–Crippen MR) is 118 cm³/mol. The summed E-state index contributed by atoms with van der Waals surface area (Å²) in [5.74, 6) is -0.175. The number of phenolic OH excluding ortho intramolecular Hbond substituents is 1. The van der Waals surface area contributed by atoms with Gasteiger partial charge >= 0.3 is 0 Å². The Balaban J connectivity index is 1.63. The van der Waals surface area contributed by atoms with Gasteiger partial charge in [-0.25, -0.2) is 10.1 Å². The van der Waals surface area contributed by atoms with Crippen LogP contribution >= 0.6 is 0 Å². The molecule has 4 aromatic rings. The lowest BCUT2D eigenvalue weighted by molar-refractivity contribution is 0.0950. The van der Waals surface area contributed by atoms with Gasteiger partial charge in [0.25, 0.3) is 5.91 Å². The topological polar surface area (TPSA) is 167 Å². The van der Waals surface area contributed by atoms with E-state index in [4.69, 9.17) is 10.5 Å². The van der Waals surface area contributed by atoms with Crippen LogP contribution in [0, 0.1) is 6.92 Å². The molecule has 2 heterocycles. The van der Waals surface area contributed by atoms with E-state index in [-0.39, 0.29) is 23.1 Å². The highest BCUT2D eigenvalue weighted by Crippen LogP contribution is 2.27. The number of carbonyl (C=O) groups excluding carboxylic acids is 1. The minimum Gasteiger partial charge on any atom is -0.504 e. The quantitative estimate of drug-likeness (QED) is 0.283. The Labute approximate surface area is 187 Å². The predicted octanol–water partition coefficient (Wildman–Crippen LogP) is 2.08. The number of benzene rings is 2. The Morgan fingerprint density at radius 2 is 2.06 bits per heavy atom. The zero-order chi connectivity index (χ0) is 23.4. The molecule has 0 fully saturated rings. The lowest BCUT2D eigenvalue weighted by Gasteiger charge is -2.07. The van der Waals surface area contributed by atoms with Crippen LogP contribution in [0.25, 0.3) is 17.1 Å². The Bertz CT molecular complexity index is 1310. The standard InChI is InChI=1S/C21H20N8O4/c1-3-32-16-10-13(6-9-15(16)30)11-23-25-21(31)17-18(14-7-4-12(2)5-8-14)29(28-24-17)20-19(22)26-33-27-20/h4-11,30H,3H2,1-2H3,(H2,22,26)(H,25,31). The van der Waals surface area contributed by atoms with Crippen molar-refractivity contribution in [1.82, 2.24) is 30.7 Å². The molecule has 0 atom stereocenters. The fourth-order valence-electron chi connectivity index (χ4n) is 2.99. The summed E-state index contributed by atoms with van der Waals surface area (Å²) in [6.45, 7) is 4.15. The molecule has 0 spiro atoms. The number of aromatic hydroxyl groups is 1. The highest BCUT2D eigenvalue weighted by molar-refractivity contribution is 5.98. The fourth-order valence-corrected chi connectivity index (χ4v) is 2.99. The molecule has 4 rings (SSSR count). The van der Waals surface area contributed by atoms with Gasteiger partial charge in [0.2, 0.25) is 11.6 Å². The molecule has 12 nitrogen and oxygen atoms in total. The van der Waals surface area contributed by atoms with Crippen molar-refractivity contribution in [2.45, 2.75) is 13.8 Å². The van der Waals surface area contributed by atoms with Gasteiger partial charge < -0.3 is 15.6 Å². The van der Waals surface area contributed by atoms with E-state index < -0.39 is 5.91 Å². The summed E-state index contributed by atoms with van der Waals surface area (Å²) in [6.07, 6.45) is 1.41. The van der Waals surface area contributed by atoms with E-state index in [2.05, 4.69) is 35.8 Å². The number of anilines is 1. The number of nitrogens with two attached hydrogens (primary N) is 1. The van der Waals surface area contributed by atoms with Crippen LogP contribution in [-0.2, 0) is 0 Å². The SMILES string of the molecule is CCOc1cc(C=NNC(=O)c2nnn(-c3nonc3N)c2-c2ccc(C)cc2)ccc1O. The van der Waals surface area contributed by atoms with Gasteiger partial charge in [-0.1, -0.05) is 35.0 Å². The number of hydrogen-bond donors (Lipinski definition) is 3. The molecular formula is C21H20N8O4. The smallest absolute Gasteiger partial charge is 0.294 e. The number of hydrogen-bond acceptors (Lipinski definition) is 10. The Hall–Kier alpha value is -4.74. The summed E-state index contributed by atoms with van der Waals surface area (Å²) in [5.41, 5.74) is 10.9. The first-order valence-electron chi connectivity index (χ1n) is 9.88. The van der Waals surface area contributed by atoms with Crippen LogP contribution in [0.15, 0.2) is 52.2 Å². The Kier molecular flexibility index (Phi) is 5.98. The third-order valence-electron chi connectivity index (χ3n) is 4.57. The average Bonchev–Trinajstić information content (AvgIpc) is 3.42. The molecule has 0 aliphatic rings. The monoisotopic (exact) mass is 448 g/mol. The maximum atomic E-state index is 12.9. The number of rotatable bonds is 7. The molecule has 4 N–H and O–H groups in total. The summed E-state index contributed by atoms with van der Waals surface area (Å²) in [4.78, 5) is 12.9. The number of carbonyl (C=O) groups is 1. The van der Waals surface area contributed by atoms with Crippen molar-refractivity contribution in [3.8, 4) is 28.6 Å². The van der Waals surface area contributed by atoms with Crippen LogP contribution in [0.5, 0.6) is 11.5 Å². The van der Waals surface area contributed by atoms with Crippen LogP contribution < -0.4 is 15.9 Å². The van der Waals surface area contributed by atoms with Gasteiger partial charge in [0.05, 0.1) is 12.8 Å². The molecule has 0 saturated carbocycles. The summed E-state index contributed by atoms with van der Waals surface area (Å²) < 4.78 is 11.3. The molecule has 168 valence electrons. The number of hydrazone groups is 1. The van der Waals surface area contributed by atoms with Crippen LogP contribution in [-0.4, -0.2) is 49.1 Å². The minimum absolute atomic E-state index is 0.000820. The van der Waals surface area contributed by atoms with Crippen LogP contribution in [0.2, 0.25) is 0 Å². The van der Waals surface area contributed by atoms with E-state index in [0.717, 1.165) is 5.56 Å². The molecule has 33 heavy (non-hydrogen) atoms. The van der Waals surface area contributed by atoms with Crippen LogP contribution in [0.4, 0.5) is 5.82 Å². The van der Waals surface area contributed by atoms with Gasteiger partial charge in [-0.2, -0.15) is 9.78 Å². The number of nitrogens with zero attached hydrogens (tertiary/aromatic N) is 6. The van der Waals surface area contributed by atoms with E-state index in [1.807, 2.05) is 38.1 Å². The lowest BCUT2D eigenvalue weighted by Crippen LogP contribution is -2.19. The molecule has 0 saturated heterocycles. The maximum Gasteiger partial charge on any atom is 0.294 e. The number of phenols is 1. The second-order valence-corrected chi connectivity index (χ2v) is 6.90. The highest BCUT2D eigenvalue weighted by Gasteiger charge is 2.25. The Morgan fingerprint density at radius 3 is 2.76 bits per heavy atom. The zero-order valence-corrected chi connectivity index (χ0v) is 17.8. The molecule has 2 aromatic carbocycles. The number of nitrogen functional groups attached to an aromatic ring is 1. The molecule has 1 amide bonds. The average molecular weight is 448 g/mol. The molecule has 0 aliphatic heterocycles. The third kappa shape index (κ3) is 4.49. The third-order valence-corrected chi connectivity index (χ3v) is 4.57. The van der Waals surface area contributed by atoms with Gasteiger partial charge in [-0.15, -0.1) is 5.10 Å². The van der Waals surface area contributed by atoms with E-state index >= 15 is 0 Å². The molecule has 0 bridgehead atoms. The maximum absolute atomic E-state index is 12.9. The first-order valence-corrected chi connectivity index (χ1v) is 9.88. The molecular weight excluding hydrogens is 428 g/mol. The van der Waals surface area contributed by atoms with Gasteiger partial charge in [-0.3, -0.25) is 4.79 Å². The first-order chi connectivity index (χ1) is 16.0. The largest absolute Gasteiger partial charge is 0.504 e. The summed E-state index contributed by atoms with van der Waals surface area (Å²) >= 11 is 0. The zero-order valence-electron chi connectivity index (χ0n) is 17.8. The van der Waals surface area contributed by atoms with Crippen LogP contribution in [0.3, 0.4) is 0 Å². The number of aryl methyl sites for hydroxylation is 1. The van der Waals surface area contributed by atoms with E-state index in [1.165, 1.54) is 17.0 Å². The second kappa shape index (κ2) is 9.18. The van der Waals surface area contributed by atoms with Gasteiger partial charge in [0, 0.05) is 5.56 Å². The molecule has 0 radical (unpaired) electrons. The number of aromatic nitrogens is 5. The van der Waals surface area contributed by atoms with Crippen molar-refractivity contribution >= 4 is 17.9 Å². The van der Waals surface area contributed by atoms with Crippen molar-refractivity contribution in [1.29, 1.82) is 0 Å². The Morgan fingerprint density at radius 1 is 1.27 bits per heavy atom. The second-order valence-electron chi connectivity index (χ2n) is 6.90. The molecule has 0 aliphatic carbocycles. The molecule has 0 unspecified atom stereocenters. The first kappa shape index (κ1) is 21.5. The van der Waals surface area contributed by atoms with Crippen molar-refractivity contribution < 1.29 is 19.3 Å². The van der Waals surface area contributed by atoms with Crippen molar-refractivity contribution in [3.63, 3.8) is 0 Å². The summed E-state index contributed by atoms with van der Waals surface area (Å²) in [7, 11) is 0. The summed E-state index contributed by atoms with van der Waals surface area (Å²) in [6, 6.07) is 12.1. The van der Waals surface area contributed by atoms with Gasteiger partial charge in [-0.05, 0) is 47.9 Å². The number of ether oxygens (including phenoxy) is 1. The van der Waals surface area contributed by atoms with Crippen LogP contribution in [0.1, 0.15) is 28.5 Å². The fraction of sp³-hybridized carbons (Fsp3) is 0.143. The van der Waals surface area contributed by atoms with Crippen molar-refractivity contribution in [2.24, 2.45) is 5.10 Å². The van der Waals surface area contributed by atoms with E-state index in [0.29, 0.717) is 29.2 Å². The molecule has 2 aromatic heterocycles.